The largest absolute Gasteiger partial charge is 0.257 e. The molecule has 2 unspecified atom stereocenters. The molecule has 0 fully saturated rings. The van der Waals surface area contributed by atoms with Crippen LogP contribution in [0.5, 0.6) is 0 Å². The molecule has 1 N–H and O–H groups in total. The van der Waals surface area contributed by atoms with E-state index >= 15 is 0 Å². The van der Waals surface area contributed by atoms with Gasteiger partial charge < -0.3 is 0 Å². The van der Waals surface area contributed by atoms with E-state index in [0.29, 0.717) is 12.0 Å². The second kappa shape index (κ2) is 37.0. The molecule has 0 aromatic carbocycles. The van der Waals surface area contributed by atoms with Crippen molar-refractivity contribution in [1.29, 1.82) is 0 Å². The highest BCUT2D eigenvalue weighted by atomic mass is 15.1. The first-order valence-corrected chi connectivity index (χ1v) is 23.3. The van der Waals surface area contributed by atoms with Crippen molar-refractivity contribution in [3.05, 3.63) is 18.2 Å². The van der Waals surface area contributed by atoms with Gasteiger partial charge >= 0.3 is 0 Å². The van der Waals surface area contributed by atoms with E-state index < -0.39 is 0 Å². The summed E-state index contributed by atoms with van der Waals surface area (Å²) in [5.74, 6) is 2.25. The second-order valence-corrected chi connectivity index (χ2v) is 16.5. The van der Waals surface area contributed by atoms with E-state index in [-0.39, 0.29) is 0 Å². The van der Waals surface area contributed by atoms with Crippen molar-refractivity contribution in [2.75, 3.05) is 0 Å². The van der Waals surface area contributed by atoms with Gasteiger partial charge in [0.15, 0.2) is 0 Å². The van der Waals surface area contributed by atoms with E-state index in [1.54, 1.807) is 5.82 Å². The summed E-state index contributed by atoms with van der Waals surface area (Å²) in [5, 5.41) is 0. The lowest BCUT2D eigenvalue weighted by molar-refractivity contribution is -0.727. The number of rotatable bonds is 40. The summed E-state index contributed by atoms with van der Waals surface area (Å²) in [6.07, 6.45) is 59.1. The standard InChI is InChI=1S/C47H92N2/c1-5-8-11-14-17-19-21-23-24-26-28-30-33-36-39-42-46(41-38-35-31-16-13-10-7-3)47-48-43-44-49(47)45(4)40-37-34-32-29-27-25-22-20-18-15-12-9-6-2/h43-46H,5-42H2,1-4H3/p+1. The van der Waals surface area contributed by atoms with Crippen LogP contribution in [0.1, 0.15) is 289 Å². The SMILES string of the molecule is CCCCCCCCCCCCCCCCCC(CCCCCCCCC)c1[nH]cc[n+]1C(C)CCCCCCCCCCCCCCC. The Kier molecular flexibility index (Phi) is 34.9. The number of unbranched alkanes of at least 4 members (excludes halogenated alkanes) is 32. The van der Waals surface area contributed by atoms with Crippen molar-refractivity contribution >= 4 is 0 Å². The molecule has 0 saturated carbocycles. The molecule has 1 rings (SSSR count). The third kappa shape index (κ3) is 28.5. The number of imidazole rings is 1. The molecule has 49 heavy (non-hydrogen) atoms. The molecule has 290 valence electrons. The summed E-state index contributed by atoms with van der Waals surface area (Å²) >= 11 is 0. The quantitative estimate of drug-likeness (QED) is 0.0524. The van der Waals surface area contributed by atoms with Gasteiger partial charge in [-0.3, -0.25) is 0 Å². The molecule has 0 radical (unpaired) electrons. The predicted octanol–water partition coefficient (Wildman–Crippen LogP) is 16.8. The van der Waals surface area contributed by atoms with E-state index in [1.165, 1.54) is 244 Å². The summed E-state index contributed by atoms with van der Waals surface area (Å²) in [7, 11) is 0. The average molecular weight is 686 g/mol. The van der Waals surface area contributed by atoms with Crippen LogP contribution >= 0.6 is 0 Å². The van der Waals surface area contributed by atoms with Gasteiger partial charge in [-0.15, -0.1) is 0 Å². The number of nitrogens with one attached hydrogen (secondary N) is 1. The molecule has 0 amide bonds. The van der Waals surface area contributed by atoms with Crippen LogP contribution in [-0.4, -0.2) is 4.98 Å². The molecule has 0 spiro atoms. The lowest BCUT2D eigenvalue weighted by atomic mass is 9.92. The highest BCUT2D eigenvalue weighted by molar-refractivity contribution is 4.90. The Labute approximate surface area is 310 Å². The zero-order valence-electron chi connectivity index (χ0n) is 34.6. The van der Waals surface area contributed by atoms with E-state index in [0.717, 1.165) is 0 Å². The summed E-state index contributed by atoms with van der Waals surface area (Å²) in [6, 6.07) is 0.617. The molecule has 0 aliphatic carbocycles. The number of aromatic amines is 1. The minimum absolute atomic E-state index is 0.617. The molecule has 1 aromatic heterocycles. The van der Waals surface area contributed by atoms with Gasteiger partial charge in [0.1, 0.15) is 12.4 Å². The predicted molar refractivity (Wildman–Crippen MR) is 221 cm³/mol. The summed E-state index contributed by atoms with van der Waals surface area (Å²) < 4.78 is 2.65. The minimum Gasteiger partial charge on any atom is -0.247 e. The Morgan fingerprint density at radius 2 is 0.653 bits per heavy atom. The van der Waals surface area contributed by atoms with E-state index in [1.807, 2.05) is 0 Å². The highest BCUT2D eigenvalue weighted by Crippen LogP contribution is 2.27. The maximum Gasteiger partial charge on any atom is 0.257 e. The lowest BCUT2D eigenvalue weighted by Crippen LogP contribution is -2.41. The van der Waals surface area contributed by atoms with Gasteiger partial charge in [0, 0.05) is 0 Å². The zero-order chi connectivity index (χ0) is 35.3. The van der Waals surface area contributed by atoms with E-state index in [2.05, 4.69) is 49.6 Å². The first kappa shape index (κ1) is 46.2. The van der Waals surface area contributed by atoms with Crippen LogP contribution in [0, 0.1) is 0 Å². The molecule has 1 aromatic rings. The fraction of sp³-hybridized carbons (Fsp3) is 0.936. The number of nitrogens with zero attached hydrogens (tertiary/aromatic N) is 1. The van der Waals surface area contributed by atoms with Crippen molar-refractivity contribution in [3.63, 3.8) is 0 Å². The normalized spacial score (nSPS) is 13.0. The van der Waals surface area contributed by atoms with Crippen molar-refractivity contribution in [2.24, 2.45) is 0 Å². The number of hydrogen-bond donors (Lipinski definition) is 1. The molecule has 0 bridgehead atoms. The summed E-state index contributed by atoms with van der Waals surface area (Å²) in [4.78, 5) is 3.77. The van der Waals surface area contributed by atoms with Crippen molar-refractivity contribution in [3.8, 4) is 0 Å². The molecule has 2 nitrogen and oxygen atoms in total. The van der Waals surface area contributed by atoms with Crippen LogP contribution in [0.15, 0.2) is 12.4 Å². The van der Waals surface area contributed by atoms with Gasteiger partial charge in [0.25, 0.3) is 5.82 Å². The van der Waals surface area contributed by atoms with Gasteiger partial charge in [-0.2, -0.15) is 0 Å². The lowest BCUT2D eigenvalue weighted by Gasteiger charge is -2.17. The van der Waals surface area contributed by atoms with Crippen LogP contribution in [0.3, 0.4) is 0 Å². The molecular weight excluding hydrogens is 593 g/mol. The van der Waals surface area contributed by atoms with E-state index in [4.69, 9.17) is 0 Å². The molecule has 2 heteroatoms. The van der Waals surface area contributed by atoms with Gasteiger partial charge in [0.2, 0.25) is 0 Å². The summed E-state index contributed by atoms with van der Waals surface area (Å²) in [5.41, 5.74) is 0. The van der Waals surface area contributed by atoms with E-state index in [9.17, 15) is 0 Å². The molecular formula is C47H93N2+. The number of aromatic nitrogens is 2. The monoisotopic (exact) mass is 686 g/mol. The highest BCUT2D eigenvalue weighted by Gasteiger charge is 2.25. The smallest absolute Gasteiger partial charge is 0.247 e. The molecule has 2 atom stereocenters. The first-order valence-electron chi connectivity index (χ1n) is 23.3. The molecule has 0 aliphatic heterocycles. The van der Waals surface area contributed by atoms with Crippen molar-refractivity contribution in [2.45, 2.75) is 284 Å². The molecule has 1 heterocycles. The van der Waals surface area contributed by atoms with Gasteiger partial charge in [-0.25, -0.2) is 9.55 Å². The maximum atomic E-state index is 3.77. The van der Waals surface area contributed by atoms with Crippen LogP contribution < -0.4 is 4.57 Å². The average Bonchev–Trinajstić information content (AvgIpc) is 3.60. The van der Waals surface area contributed by atoms with Crippen LogP contribution in [-0.2, 0) is 0 Å². The number of H-pyrrole nitrogens is 1. The first-order chi connectivity index (χ1) is 24.2. The third-order valence-corrected chi connectivity index (χ3v) is 11.6. The molecule has 0 saturated heterocycles. The van der Waals surface area contributed by atoms with Crippen LogP contribution in [0.25, 0.3) is 0 Å². The fourth-order valence-corrected chi connectivity index (χ4v) is 8.20. The Bertz CT molecular complexity index is 753. The second-order valence-electron chi connectivity index (χ2n) is 16.5. The van der Waals surface area contributed by atoms with Gasteiger partial charge in [-0.05, 0) is 32.6 Å². The van der Waals surface area contributed by atoms with Crippen molar-refractivity contribution in [1.82, 2.24) is 4.98 Å². The number of hydrogen-bond acceptors (Lipinski definition) is 0. The zero-order valence-corrected chi connectivity index (χ0v) is 34.6. The van der Waals surface area contributed by atoms with Crippen molar-refractivity contribution < 1.29 is 4.57 Å². The van der Waals surface area contributed by atoms with Gasteiger partial charge in [-0.1, -0.05) is 239 Å². The Morgan fingerprint density at radius 1 is 0.388 bits per heavy atom. The third-order valence-electron chi connectivity index (χ3n) is 11.6. The van der Waals surface area contributed by atoms with Crippen LogP contribution in [0.2, 0.25) is 0 Å². The topological polar surface area (TPSA) is 19.7 Å². The molecule has 0 aliphatic rings. The fourth-order valence-electron chi connectivity index (χ4n) is 8.20. The Hall–Kier alpha value is -0.790. The van der Waals surface area contributed by atoms with Crippen LogP contribution in [0.4, 0.5) is 0 Å². The van der Waals surface area contributed by atoms with Gasteiger partial charge in [0.05, 0.1) is 12.0 Å². The Balaban J connectivity index is 2.31. The minimum atomic E-state index is 0.617. The maximum absolute atomic E-state index is 3.77. The summed E-state index contributed by atoms with van der Waals surface area (Å²) in [6.45, 7) is 9.44. The Morgan fingerprint density at radius 3 is 0.959 bits per heavy atom.